The van der Waals surface area contributed by atoms with Crippen molar-refractivity contribution in [1.82, 2.24) is 24.8 Å². The van der Waals surface area contributed by atoms with Gasteiger partial charge in [0, 0.05) is 75.9 Å². The first kappa shape index (κ1) is 36.0. The van der Waals surface area contributed by atoms with Crippen molar-refractivity contribution in [3.63, 3.8) is 0 Å². The molecule has 1 amide bonds. The number of fused-ring (bicyclic) bond motifs is 1. The number of aromatic nitrogens is 3. The van der Waals surface area contributed by atoms with Crippen LogP contribution in [0.1, 0.15) is 49.6 Å². The first-order chi connectivity index (χ1) is 23.6. The summed E-state index contributed by atoms with van der Waals surface area (Å²) in [6.45, 7) is 16.2. The van der Waals surface area contributed by atoms with E-state index in [0.29, 0.717) is 50.0 Å². The lowest BCUT2D eigenvalue weighted by atomic mass is 9.97. The van der Waals surface area contributed by atoms with E-state index >= 15 is 0 Å². The van der Waals surface area contributed by atoms with Crippen LogP contribution in [0.25, 0.3) is 23.4 Å². The minimum absolute atomic E-state index is 0.134. The topological polar surface area (TPSA) is 112 Å². The molecule has 0 N–H and O–H groups in total. The van der Waals surface area contributed by atoms with Gasteiger partial charge in [-0.25, -0.2) is 9.78 Å². The smallest absolute Gasteiger partial charge is 0.410 e. The lowest BCUT2D eigenvalue weighted by molar-refractivity contribution is 0.0240. The Morgan fingerprint density at radius 1 is 0.939 bits per heavy atom. The number of amides is 1. The number of ether oxygens (including phenoxy) is 5. The van der Waals surface area contributed by atoms with Crippen LogP contribution in [0.3, 0.4) is 0 Å². The van der Waals surface area contributed by atoms with Gasteiger partial charge in [-0.1, -0.05) is 24.3 Å². The van der Waals surface area contributed by atoms with E-state index < -0.39 is 5.60 Å². The molecule has 12 nitrogen and oxygen atoms in total. The number of aryl methyl sites for hydroxylation is 2. The minimum atomic E-state index is -0.557. The SMILES string of the molecule is COCOc1cc2c(c(-c3cc(C)nc(OCCN4CCOCC4)nc(N4CCN(C(=O)OC(C)(C)C)CC4)c(C)cn3)c1)C=CCC=C2. The third-order valence-corrected chi connectivity index (χ3v) is 8.20. The van der Waals surface area contributed by atoms with Crippen molar-refractivity contribution >= 4 is 24.1 Å². The Balaban J connectivity index is 1.54. The van der Waals surface area contributed by atoms with Gasteiger partial charge in [0.1, 0.15) is 23.8 Å². The molecule has 0 spiro atoms. The number of carbonyl (C=O) groups is 1. The van der Waals surface area contributed by atoms with Gasteiger partial charge in [-0.2, -0.15) is 4.98 Å². The monoisotopic (exact) mass is 674 g/mol. The van der Waals surface area contributed by atoms with Crippen molar-refractivity contribution in [3.8, 4) is 23.0 Å². The first-order valence-corrected chi connectivity index (χ1v) is 17.0. The van der Waals surface area contributed by atoms with Crippen LogP contribution >= 0.6 is 0 Å². The third kappa shape index (κ3) is 10.4. The molecule has 3 heterocycles. The molecule has 12 heteroatoms. The fourth-order valence-corrected chi connectivity index (χ4v) is 5.75. The Morgan fingerprint density at radius 3 is 2.43 bits per heavy atom. The fourth-order valence-electron chi connectivity index (χ4n) is 5.75. The largest absolute Gasteiger partial charge is 0.468 e. The van der Waals surface area contributed by atoms with Crippen LogP contribution in [0.4, 0.5) is 10.6 Å². The van der Waals surface area contributed by atoms with E-state index in [1.807, 2.05) is 59.0 Å². The van der Waals surface area contributed by atoms with Gasteiger partial charge in [0.2, 0.25) is 0 Å². The van der Waals surface area contributed by atoms with Crippen molar-refractivity contribution in [3.05, 3.63) is 58.9 Å². The molecule has 3 aliphatic rings. The maximum Gasteiger partial charge on any atom is 0.410 e. The second-order valence-corrected chi connectivity index (χ2v) is 13.3. The minimum Gasteiger partial charge on any atom is -0.468 e. The summed E-state index contributed by atoms with van der Waals surface area (Å²) in [7, 11) is 1.60. The summed E-state index contributed by atoms with van der Waals surface area (Å²) < 4.78 is 28.5. The van der Waals surface area contributed by atoms with Crippen molar-refractivity contribution in [2.75, 3.05) is 84.4 Å². The summed E-state index contributed by atoms with van der Waals surface area (Å²) in [5.74, 6) is 1.38. The number of allylic oxidation sites excluding steroid dienone is 2. The van der Waals surface area contributed by atoms with Gasteiger partial charge in [0.25, 0.3) is 0 Å². The first-order valence-electron chi connectivity index (χ1n) is 17.0. The number of carbonyl (C=O) groups excluding carboxylic acids is 1. The standard InChI is InChI=1S/C37H50N6O6/c1-27-25-38-33(32-24-30(48-26-45-6)23-29-10-8-7-9-11-31(29)32)22-28(2)39-35(47-21-18-41-16-19-46-20-17-41)40-34(27)42-12-14-43(15-13-42)36(44)49-37(3,4)5/h8-11,22-25H,7,12-21,26H2,1-6H3. The van der Waals surface area contributed by atoms with Gasteiger partial charge >= 0.3 is 12.1 Å². The summed E-state index contributed by atoms with van der Waals surface area (Å²) in [6, 6.07) is 6.24. The summed E-state index contributed by atoms with van der Waals surface area (Å²) >= 11 is 0. The van der Waals surface area contributed by atoms with E-state index in [1.165, 1.54) is 0 Å². The van der Waals surface area contributed by atoms with Gasteiger partial charge < -0.3 is 33.5 Å². The molecule has 1 aliphatic carbocycles. The Hall–Kier alpha value is -4.26. The molecule has 0 unspecified atom stereocenters. The van der Waals surface area contributed by atoms with Crippen LogP contribution in [0, 0.1) is 13.8 Å². The lowest BCUT2D eigenvalue weighted by Crippen LogP contribution is -2.50. The summed E-state index contributed by atoms with van der Waals surface area (Å²) in [6.07, 6.45) is 10.9. The van der Waals surface area contributed by atoms with Crippen molar-refractivity contribution < 1.29 is 28.5 Å². The van der Waals surface area contributed by atoms with Gasteiger partial charge in [-0.05, 0) is 70.4 Å². The van der Waals surface area contributed by atoms with Crippen molar-refractivity contribution in [2.45, 2.75) is 46.6 Å². The number of methoxy groups -OCH3 is 1. The second-order valence-electron chi connectivity index (χ2n) is 13.3. The number of morpholine rings is 1. The molecule has 2 saturated heterocycles. The number of piperazine rings is 1. The van der Waals surface area contributed by atoms with E-state index in [-0.39, 0.29) is 18.9 Å². The average molecular weight is 675 g/mol. The summed E-state index contributed by atoms with van der Waals surface area (Å²) in [5, 5.41) is 0. The van der Waals surface area contributed by atoms with Gasteiger partial charge in [0.05, 0.1) is 18.9 Å². The van der Waals surface area contributed by atoms with E-state index in [1.54, 1.807) is 12.0 Å². The predicted octanol–water partition coefficient (Wildman–Crippen LogP) is 5.46. The average Bonchev–Trinajstić information content (AvgIpc) is 3.33. The molecule has 5 rings (SSSR count). The Bertz CT molecular complexity index is 1570. The summed E-state index contributed by atoms with van der Waals surface area (Å²) in [4.78, 5) is 33.9. The van der Waals surface area contributed by atoms with Gasteiger partial charge in [-0.3, -0.25) is 9.88 Å². The number of benzene rings is 1. The Morgan fingerprint density at radius 2 is 1.69 bits per heavy atom. The maximum atomic E-state index is 12.8. The highest BCUT2D eigenvalue weighted by Crippen LogP contribution is 2.34. The zero-order chi connectivity index (χ0) is 34.8. The number of rotatable bonds is 9. The lowest BCUT2D eigenvalue weighted by Gasteiger charge is -2.36. The quantitative estimate of drug-likeness (QED) is 0.316. The molecule has 2 fully saturated rings. The predicted molar refractivity (Wildman–Crippen MR) is 190 cm³/mol. The van der Waals surface area contributed by atoms with Crippen LogP contribution < -0.4 is 14.4 Å². The Labute approximate surface area is 290 Å². The molecule has 1 aromatic carbocycles. The molecular weight excluding hydrogens is 624 g/mol. The van der Waals surface area contributed by atoms with Gasteiger partial charge in [-0.15, -0.1) is 0 Å². The molecule has 0 atom stereocenters. The molecular formula is C37H50N6O6. The van der Waals surface area contributed by atoms with Crippen molar-refractivity contribution in [1.29, 1.82) is 0 Å². The van der Waals surface area contributed by atoms with Crippen LogP contribution in [-0.2, 0) is 14.2 Å². The molecule has 49 heavy (non-hydrogen) atoms. The summed E-state index contributed by atoms with van der Waals surface area (Å²) in [5.41, 5.74) is 4.68. The van der Waals surface area contributed by atoms with E-state index in [0.717, 1.165) is 67.2 Å². The second kappa shape index (κ2) is 16.9. The molecule has 0 saturated carbocycles. The number of nitrogens with zero attached hydrogens (tertiary/aromatic N) is 6. The molecule has 264 valence electrons. The normalized spacial score (nSPS) is 16.4. The van der Waals surface area contributed by atoms with Crippen molar-refractivity contribution in [2.24, 2.45) is 0 Å². The third-order valence-electron chi connectivity index (χ3n) is 8.20. The molecule has 2 aromatic rings. The molecule has 0 bridgehead atoms. The van der Waals surface area contributed by atoms with Crippen LogP contribution in [-0.4, -0.2) is 116 Å². The van der Waals surface area contributed by atoms with Crippen LogP contribution in [0.2, 0.25) is 0 Å². The van der Waals surface area contributed by atoms with E-state index in [9.17, 15) is 4.79 Å². The Kier molecular flexibility index (Phi) is 12.4. The highest BCUT2D eigenvalue weighted by Gasteiger charge is 2.27. The zero-order valence-corrected chi connectivity index (χ0v) is 29.7. The maximum absolute atomic E-state index is 12.8. The van der Waals surface area contributed by atoms with Crippen LogP contribution in [0.15, 0.2) is 36.5 Å². The van der Waals surface area contributed by atoms with E-state index in [2.05, 4.69) is 34.1 Å². The van der Waals surface area contributed by atoms with Gasteiger partial charge in [0.15, 0.2) is 6.79 Å². The molecule has 0 radical (unpaired) electrons. The van der Waals surface area contributed by atoms with E-state index in [4.69, 9.17) is 38.6 Å². The highest BCUT2D eigenvalue weighted by molar-refractivity contribution is 5.82. The number of hydrogen-bond donors (Lipinski definition) is 0. The molecule has 1 aromatic heterocycles. The number of hydrogen-bond acceptors (Lipinski definition) is 11. The zero-order valence-electron chi connectivity index (χ0n) is 29.7. The highest BCUT2D eigenvalue weighted by atomic mass is 16.7. The molecule has 2 aliphatic heterocycles. The fraction of sp³-hybridized carbons (Fsp3) is 0.514. The number of anilines is 1. The van der Waals surface area contributed by atoms with Crippen LogP contribution in [0.5, 0.6) is 11.8 Å².